The van der Waals surface area contributed by atoms with Gasteiger partial charge in [0, 0.05) is 18.7 Å². The van der Waals surface area contributed by atoms with E-state index in [1.165, 1.54) is 18.4 Å². The summed E-state index contributed by atoms with van der Waals surface area (Å²) in [6.07, 6.45) is 6.43. The largest absolute Gasteiger partial charge is 0.384 e. The van der Waals surface area contributed by atoms with Crippen LogP contribution in [0.15, 0.2) is 11.8 Å². The van der Waals surface area contributed by atoms with E-state index in [4.69, 9.17) is 4.74 Å². The van der Waals surface area contributed by atoms with Crippen molar-refractivity contribution < 1.29 is 4.74 Å². The van der Waals surface area contributed by atoms with Crippen LogP contribution >= 0.6 is 0 Å². The monoisotopic (exact) mass is 262 g/mol. The zero-order valence-corrected chi connectivity index (χ0v) is 13.1. The Morgan fingerprint density at radius 3 is 2.47 bits per heavy atom. The van der Waals surface area contributed by atoms with Gasteiger partial charge in [0.2, 0.25) is 0 Å². The van der Waals surface area contributed by atoms with E-state index in [-0.39, 0.29) is 5.41 Å². The fourth-order valence-electron chi connectivity index (χ4n) is 2.19. The summed E-state index contributed by atoms with van der Waals surface area (Å²) in [4.78, 5) is 8.88. The lowest BCUT2D eigenvalue weighted by Gasteiger charge is -2.15. The number of aromatic nitrogens is 2. The molecule has 1 aromatic rings. The van der Waals surface area contributed by atoms with E-state index in [0.29, 0.717) is 0 Å². The first-order valence-electron chi connectivity index (χ1n) is 7.05. The first-order chi connectivity index (χ1) is 9.07. The van der Waals surface area contributed by atoms with Crippen LogP contribution in [0.2, 0.25) is 0 Å². The lowest BCUT2D eigenvalue weighted by atomic mass is 9.97. The number of nitrogens with zero attached hydrogens (tertiary/aromatic N) is 2. The lowest BCUT2D eigenvalue weighted by Crippen LogP contribution is -2.10. The first-order valence-corrected chi connectivity index (χ1v) is 7.05. The molecule has 3 heteroatoms. The molecule has 0 aromatic carbocycles. The molecule has 1 aliphatic carbocycles. The normalized spacial score (nSPS) is 16.6. The third-order valence-corrected chi connectivity index (χ3v) is 3.57. The third-order valence-electron chi connectivity index (χ3n) is 3.57. The van der Waals surface area contributed by atoms with E-state index in [9.17, 15) is 0 Å². The van der Waals surface area contributed by atoms with E-state index in [1.807, 2.05) is 33.9 Å². The molecule has 0 atom stereocenters. The van der Waals surface area contributed by atoms with Crippen molar-refractivity contribution in [2.75, 3.05) is 13.7 Å². The van der Waals surface area contributed by atoms with E-state index in [1.54, 1.807) is 7.11 Å². The molecule has 0 aliphatic heterocycles. The van der Waals surface area contributed by atoms with E-state index >= 15 is 0 Å². The average molecular weight is 262 g/mol. The number of ether oxygens (including phenoxy) is 1. The van der Waals surface area contributed by atoms with Gasteiger partial charge in [-0.1, -0.05) is 19.4 Å². The van der Waals surface area contributed by atoms with Gasteiger partial charge in [-0.2, -0.15) is 0 Å². The highest BCUT2D eigenvalue weighted by Crippen LogP contribution is 2.52. The standard InChI is InChI=1S/C14H20N2O.C2H6/c1-10(14(5-6-14)9-17-4)7-13-12(3)16-11(2)8-15-13;1-2/h7-8H,5-6,9H2,1-4H3;1-2H3/b10-7+;. The van der Waals surface area contributed by atoms with Crippen molar-refractivity contribution in [1.82, 2.24) is 9.97 Å². The highest BCUT2D eigenvalue weighted by Gasteiger charge is 2.44. The molecule has 0 unspecified atom stereocenters. The molecule has 0 radical (unpaired) electrons. The molecule has 1 aliphatic rings. The minimum Gasteiger partial charge on any atom is -0.384 e. The van der Waals surface area contributed by atoms with Crippen molar-refractivity contribution in [3.8, 4) is 0 Å². The molecule has 3 nitrogen and oxygen atoms in total. The van der Waals surface area contributed by atoms with E-state index in [0.717, 1.165) is 23.7 Å². The highest BCUT2D eigenvalue weighted by atomic mass is 16.5. The average Bonchev–Trinajstić information content (AvgIpc) is 3.17. The van der Waals surface area contributed by atoms with E-state index < -0.39 is 0 Å². The quantitative estimate of drug-likeness (QED) is 0.824. The SMILES string of the molecule is CC.COCC1(/C(C)=C/c2ncc(C)nc2C)CC1. The Morgan fingerprint density at radius 1 is 1.37 bits per heavy atom. The van der Waals surface area contributed by atoms with Crippen molar-refractivity contribution in [3.63, 3.8) is 0 Å². The summed E-state index contributed by atoms with van der Waals surface area (Å²) >= 11 is 0. The van der Waals surface area contributed by atoms with Crippen LogP contribution in [-0.4, -0.2) is 23.7 Å². The van der Waals surface area contributed by atoms with Gasteiger partial charge >= 0.3 is 0 Å². The van der Waals surface area contributed by atoms with Crippen LogP contribution in [0.3, 0.4) is 0 Å². The molecular formula is C16H26N2O. The van der Waals surface area contributed by atoms with Gasteiger partial charge in [-0.25, -0.2) is 0 Å². The van der Waals surface area contributed by atoms with Gasteiger partial charge in [-0.05, 0) is 39.7 Å². The maximum atomic E-state index is 5.30. The number of methoxy groups -OCH3 is 1. The zero-order chi connectivity index (χ0) is 14.5. The summed E-state index contributed by atoms with van der Waals surface area (Å²) in [7, 11) is 1.77. The Bertz CT molecular complexity index is 448. The number of aryl methyl sites for hydroxylation is 2. The molecule has 2 rings (SSSR count). The molecule has 1 saturated carbocycles. The fourth-order valence-corrected chi connectivity index (χ4v) is 2.19. The molecule has 0 amide bonds. The number of hydrogen-bond donors (Lipinski definition) is 0. The molecule has 1 fully saturated rings. The summed E-state index contributed by atoms with van der Waals surface area (Å²) in [5.74, 6) is 0. The van der Waals surface area contributed by atoms with Gasteiger partial charge in [0.15, 0.2) is 0 Å². The van der Waals surface area contributed by atoms with Crippen molar-refractivity contribution in [2.45, 2.75) is 47.5 Å². The summed E-state index contributed by atoms with van der Waals surface area (Å²) in [6.45, 7) is 11.0. The molecule has 0 N–H and O–H groups in total. The van der Waals surface area contributed by atoms with Gasteiger partial charge in [0.25, 0.3) is 0 Å². The maximum Gasteiger partial charge on any atom is 0.0842 e. The predicted octanol–water partition coefficient (Wildman–Crippen LogP) is 3.95. The van der Waals surface area contributed by atoms with Crippen LogP contribution in [0.25, 0.3) is 6.08 Å². The second-order valence-electron chi connectivity index (χ2n) is 5.02. The van der Waals surface area contributed by atoms with Crippen molar-refractivity contribution >= 4 is 6.08 Å². The summed E-state index contributed by atoms with van der Waals surface area (Å²) < 4.78 is 5.30. The Balaban J connectivity index is 0.000000861. The lowest BCUT2D eigenvalue weighted by molar-refractivity contribution is 0.157. The second-order valence-corrected chi connectivity index (χ2v) is 5.02. The number of rotatable bonds is 4. The first kappa shape index (κ1) is 15.8. The number of hydrogen-bond acceptors (Lipinski definition) is 3. The molecule has 19 heavy (non-hydrogen) atoms. The van der Waals surface area contributed by atoms with Gasteiger partial charge in [-0.3, -0.25) is 9.97 Å². The Morgan fingerprint density at radius 2 is 2.00 bits per heavy atom. The van der Waals surface area contributed by atoms with Gasteiger partial charge in [0.1, 0.15) is 0 Å². The van der Waals surface area contributed by atoms with E-state index in [2.05, 4.69) is 23.0 Å². The molecular weight excluding hydrogens is 236 g/mol. The Labute approximate surface area is 117 Å². The van der Waals surface area contributed by atoms with Gasteiger partial charge in [0.05, 0.1) is 23.7 Å². The fraction of sp³-hybridized carbons (Fsp3) is 0.625. The van der Waals surface area contributed by atoms with Crippen LogP contribution in [0, 0.1) is 19.3 Å². The summed E-state index contributed by atoms with van der Waals surface area (Å²) in [5.41, 5.74) is 4.58. The van der Waals surface area contributed by atoms with Gasteiger partial charge < -0.3 is 4.74 Å². The molecule has 106 valence electrons. The van der Waals surface area contributed by atoms with Gasteiger partial charge in [-0.15, -0.1) is 0 Å². The second kappa shape index (κ2) is 6.80. The van der Waals surface area contributed by atoms with Crippen molar-refractivity contribution in [1.29, 1.82) is 0 Å². The summed E-state index contributed by atoms with van der Waals surface area (Å²) in [6, 6.07) is 0. The van der Waals surface area contributed by atoms with Crippen LogP contribution in [0.5, 0.6) is 0 Å². The third kappa shape index (κ3) is 3.87. The minimum absolute atomic E-state index is 0.272. The van der Waals surface area contributed by atoms with Crippen LogP contribution in [-0.2, 0) is 4.74 Å². The smallest absolute Gasteiger partial charge is 0.0842 e. The van der Waals surface area contributed by atoms with Crippen molar-refractivity contribution in [2.24, 2.45) is 5.41 Å². The van der Waals surface area contributed by atoms with Crippen LogP contribution in [0.4, 0.5) is 0 Å². The molecule has 0 saturated heterocycles. The Hall–Kier alpha value is -1.22. The summed E-state index contributed by atoms with van der Waals surface area (Å²) in [5, 5.41) is 0. The Kier molecular flexibility index (Phi) is 5.67. The van der Waals surface area contributed by atoms with Crippen molar-refractivity contribution in [3.05, 3.63) is 28.9 Å². The minimum atomic E-state index is 0.272. The zero-order valence-electron chi connectivity index (χ0n) is 13.1. The molecule has 1 heterocycles. The van der Waals surface area contributed by atoms with Crippen LogP contribution < -0.4 is 0 Å². The molecule has 0 spiro atoms. The topological polar surface area (TPSA) is 35.0 Å². The maximum absolute atomic E-state index is 5.30. The highest BCUT2D eigenvalue weighted by molar-refractivity contribution is 5.53. The van der Waals surface area contributed by atoms with Crippen LogP contribution in [0.1, 0.15) is 50.7 Å². The molecule has 0 bridgehead atoms. The predicted molar refractivity (Wildman–Crippen MR) is 80.0 cm³/mol. The molecule has 1 aromatic heterocycles.